The van der Waals surface area contributed by atoms with Crippen molar-refractivity contribution in [2.75, 3.05) is 20.2 Å². The Balaban J connectivity index is 2.50. The van der Waals surface area contributed by atoms with E-state index in [2.05, 4.69) is 32.6 Å². The minimum atomic E-state index is -0.0375. The van der Waals surface area contributed by atoms with Crippen LogP contribution >= 0.6 is 0 Å². The minimum absolute atomic E-state index is 0.0375. The molecule has 1 saturated heterocycles. The molecule has 2 N–H and O–H groups in total. The largest absolute Gasteiger partial charge is 0.379 e. The van der Waals surface area contributed by atoms with E-state index in [0.717, 1.165) is 25.3 Å². The molecular formula is C13H28N2O. The number of nitrogens with two attached hydrogens (primary N) is 1. The zero-order chi connectivity index (χ0) is 12.3. The summed E-state index contributed by atoms with van der Waals surface area (Å²) < 4.78 is 5.49. The molecule has 96 valence electrons. The van der Waals surface area contributed by atoms with Crippen LogP contribution in [0.15, 0.2) is 0 Å². The molecule has 3 unspecified atom stereocenters. The Hall–Kier alpha value is -0.120. The molecular weight excluding hydrogens is 200 g/mol. The van der Waals surface area contributed by atoms with Gasteiger partial charge in [-0.15, -0.1) is 0 Å². The van der Waals surface area contributed by atoms with E-state index < -0.39 is 0 Å². The summed E-state index contributed by atoms with van der Waals surface area (Å²) in [5.41, 5.74) is 6.04. The molecule has 0 spiro atoms. The molecule has 3 heteroatoms. The Morgan fingerprint density at radius 3 is 2.56 bits per heavy atom. The number of methoxy groups -OCH3 is 1. The number of ether oxygens (including phenoxy) is 1. The fraction of sp³-hybridized carbons (Fsp3) is 1.00. The van der Waals surface area contributed by atoms with Gasteiger partial charge in [-0.2, -0.15) is 0 Å². The van der Waals surface area contributed by atoms with E-state index in [1.165, 1.54) is 6.54 Å². The standard InChI is InChI=1S/C13H28N2O/c1-10-6-12(14)9-15(8-10)11(2)7-13(3,4)16-5/h10-12H,6-9,14H2,1-5H3. The van der Waals surface area contributed by atoms with Gasteiger partial charge in [-0.1, -0.05) is 6.92 Å². The van der Waals surface area contributed by atoms with Crippen LogP contribution in [0.1, 0.15) is 40.5 Å². The van der Waals surface area contributed by atoms with Gasteiger partial charge in [-0.05, 0) is 39.5 Å². The zero-order valence-electron chi connectivity index (χ0n) is 11.5. The Labute approximate surface area is 100 Å². The van der Waals surface area contributed by atoms with Gasteiger partial charge in [-0.3, -0.25) is 4.90 Å². The molecule has 1 rings (SSSR count). The second-order valence-corrected chi connectivity index (χ2v) is 6.07. The van der Waals surface area contributed by atoms with Crippen LogP contribution in [-0.2, 0) is 4.74 Å². The molecule has 0 saturated carbocycles. The third-order valence-electron chi connectivity index (χ3n) is 3.68. The van der Waals surface area contributed by atoms with E-state index in [1.807, 2.05) is 0 Å². The van der Waals surface area contributed by atoms with Crippen molar-refractivity contribution in [2.24, 2.45) is 11.7 Å². The Bertz CT molecular complexity index is 208. The number of hydrogen-bond acceptors (Lipinski definition) is 3. The Morgan fingerprint density at radius 1 is 1.44 bits per heavy atom. The maximum absolute atomic E-state index is 6.08. The van der Waals surface area contributed by atoms with Crippen LogP contribution in [0.5, 0.6) is 0 Å². The molecule has 3 atom stereocenters. The van der Waals surface area contributed by atoms with Crippen molar-refractivity contribution in [1.82, 2.24) is 4.90 Å². The fourth-order valence-corrected chi connectivity index (χ4v) is 2.73. The summed E-state index contributed by atoms with van der Waals surface area (Å²) in [6.45, 7) is 11.1. The second-order valence-electron chi connectivity index (χ2n) is 6.07. The lowest BCUT2D eigenvalue weighted by Crippen LogP contribution is -2.51. The van der Waals surface area contributed by atoms with Gasteiger partial charge in [0.2, 0.25) is 0 Å². The van der Waals surface area contributed by atoms with Gasteiger partial charge < -0.3 is 10.5 Å². The molecule has 1 heterocycles. The first-order valence-electron chi connectivity index (χ1n) is 6.39. The number of rotatable bonds is 4. The smallest absolute Gasteiger partial charge is 0.0637 e. The molecule has 0 aromatic rings. The lowest BCUT2D eigenvalue weighted by molar-refractivity contribution is -0.0126. The molecule has 3 nitrogen and oxygen atoms in total. The molecule has 1 aliphatic heterocycles. The predicted octanol–water partition coefficient (Wildman–Crippen LogP) is 1.86. The molecule has 1 fully saturated rings. The number of likely N-dealkylation sites (tertiary alicyclic amines) is 1. The van der Waals surface area contributed by atoms with Crippen molar-refractivity contribution in [3.05, 3.63) is 0 Å². The number of piperidine rings is 1. The van der Waals surface area contributed by atoms with E-state index in [9.17, 15) is 0 Å². The average molecular weight is 228 g/mol. The van der Waals surface area contributed by atoms with Gasteiger partial charge in [-0.25, -0.2) is 0 Å². The number of nitrogens with zero attached hydrogens (tertiary/aromatic N) is 1. The maximum Gasteiger partial charge on any atom is 0.0637 e. The third-order valence-corrected chi connectivity index (χ3v) is 3.68. The van der Waals surface area contributed by atoms with Gasteiger partial charge in [0.1, 0.15) is 0 Å². The highest BCUT2D eigenvalue weighted by Gasteiger charge is 2.29. The van der Waals surface area contributed by atoms with Gasteiger partial charge in [0, 0.05) is 32.3 Å². The molecule has 0 bridgehead atoms. The first-order valence-corrected chi connectivity index (χ1v) is 6.39. The van der Waals surface area contributed by atoms with Crippen molar-refractivity contribution in [3.63, 3.8) is 0 Å². The quantitative estimate of drug-likeness (QED) is 0.798. The summed E-state index contributed by atoms with van der Waals surface area (Å²) in [7, 11) is 1.79. The van der Waals surface area contributed by atoms with E-state index in [1.54, 1.807) is 7.11 Å². The molecule has 0 aromatic carbocycles. The Morgan fingerprint density at radius 2 is 2.06 bits per heavy atom. The van der Waals surface area contributed by atoms with Gasteiger partial charge >= 0.3 is 0 Å². The second kappa shape index (κ2) is 5.48. The summed E-state index contributed by atoms with van der Waals surface area (Å²) in [5, 5.41) is 0. The first-order chi connectivity index (χ1) is 7.34. The summed E-state index contributed by atoms with van der Waals surface area (Å²) in [6.07, 6.45) is 2.22. The SMILES string of the molecule is COC(C)(C)CC(C)N1CC(C)CC(N)C1. The van der Waals surface area contributed by atoms with Crippen molar-refractivity contribution < 1.29 is 4.74 Å². The third kappa shape index (κ3) is 4.04. The number of hydrogen-bond donors (Lipinski definition) is 1. The minimum Gasteiger partial charge on any atom is -0.379 e. The Kier molecular flexibility index (Phi) is 4.77. The lowest BCUT2D eigenvalue weighted by atomic mass is 9.92. The van der Waals surface area contributed by atoms with E-state index in [-0.39, 0.29) is 5.60 Å². The van der Waals surface area contributed by atoms with Crippen molar-refractivity contribution in [1.29, 1.82) is 0 Å². The summed E-state index contributed by atoms with van der Waals surface area (Å²) >= 11 is 0. The van der Waals surface area contributed by atoms with E-state index in [0.29, 0.717) is 12.1 Å². The summed E-state index contributed by atoms with van der Waals surface area (Å²) in [4.78, 5) is 2.51. The molecule has 0 aromatic heterocycles. The highest BCUT2D eigenvalue weighted by Crippen LogP contribution is 2.23. The first kappa shape index (κ1) is 13.9. The van der Waals surface area contributed by atoms with Crippen LogP contribution in [0, 0.1) is 5.92 Å². The van der Waals surface area contributed by atoms with Crippen LogP contribution in [0.4, 0.5) is 0 Å². The van der Waals surface area contributed by atoms with Crippen molar-refractivity contribution in [2.45, 2.75) is 58.2 Å². The summed E-state index contributed by atoms with van der Waals surface area (Å²) in [6, 6.07) is 0.889. The van der Waals surface area contributed by atoms with Gasteiger partial charge in [0.25, 0.3) is 0 Å². The zero-order valence-corrected chi connectivity index (χ0v) is 11.5. The predicted molar refractivity (Wildman–Crippen MR) is 68.5 cm³/mol. The molecule has 16 heavy (non-hydrogen) atoms. The summed E-state index contributed by atoms with van der Waals surface area (Å²) in [5.74, 6) is 0.719. The van der Waals surface area contributed by atoms with E-state index in [4.69, 9.17) is 10.5 Å². The average Bonchev–Trinajstić information content (AvgIpc) is 2.15. The van der Waals surface area contributed by atoms with Crippen LogP contribution < -0.4 is 5.73 Å². The van der Waals surface area contributed by atoms with Crippen molar-refractivity contribution in [3.8, 4) is 0 Å². The highest BCUT2D eigenvalue weighted by molar-refractivity contribution is 4.85. The molecule has 0 radical (unpaired) electrons. The maximum atomic E-state index is 6.08. The molecule has 0 aliphatic carbocycles. The van der Waals surface area contributed by atoms with Crippen LogP contribution in [0.2, 0.25) is 0 Å². The van der Waals surface area contributed by atoms with Gasteiger partial charge in [0.15, 0.2) is 0 Å². The molecule has 1 aliphatic rings. The van der Waals surface area contributed by atoms with Gasteiger partial charge in [0.05, 0.1) is 5.60 Å². The monoisotopic (exact) mass is 228 g/mol. The van der Waals surface area contributed by atoms with Crippen molar-refractivity contribution >= 4 is 0 Å². The van der Waals surface area contributed by atoms with Crippen LogP contribution in [-0.4, -0.2) is 42.8 Å². The normalized spacial score (nSPS) is 30.4. The highest BCUT2D eigenvalue weighted by atomic mass is 16.5. The van der Waals surface area contributed by atoms with Crippen LogP contribution in [0.25, 0.3) is 0 Å². The lowest BCUT2D eigenvalue weighted by Gasteiger charge is -2.41. The fourth-order valence-electron chi connectivity index (χ4n) is 2.73. The molecule has 0 amide bonds. The van der Waals surface area contributed by atoms with E-state index >= 15 is 0 Å². The van der Waals surface area contributed by atoms with Crippen LogP contribution in [0.3, 0.4) is 0 Å². The topological polar surface area (TPSA) is 38.5 Å².